The molecule has 0 amide bonds. The fraction of sp³-hybridized carbons (Fsp3) is 0.0208. The molecule has 11 rings (SSSR count). The Morgan fingerprint density at radius 1 is 0.451 bits per heavy atom. The molecule has 0 saturated carbocycles. The summed E-state index contributed by atoms with van der Waals surface area (Å²) in [5.41, 5.74) is 12.6. The molecular formula is C48H32N2P+. The van der Waals surface area contributed by atoms with Crippen molar-refractivity contribution in [2.45, 2.75) is 6.42 Å². The summed E-state index contributed by atoms with van der Waals surface area (Å²) in [6, 6.07) is 62.6. The normalized spacial score (nSPS) is 14.7. The lowest BCUT2D eigenvalue weighted by Crippen LogP contribution is -2.09. The number of rotatable bonds is 4. The molecule has 0 fully saturated rings. The van der Waals surface area contributed by atoms with Crippen LogP contribution >= 0.6 is 7.55 Å². The third-order valence-electron chi connectivity index (χ3n) is 10.8. The zero-order chi connectivity index (χ0) is 33.5. The number of fused-ring (bicyclic) bond motifs is 9. The highest BCUT2D eigenvalue weighted by Gasteiger charge is 2.39. The molecule has 2 aliphatic rings. The number of aromatic nitrogens is 2. The van der Waals surface area contributed by atoms with Crippen molar-refractivity contribution in [2.24, 2.45) is 0 Å². The molecule has 3 heterocycles. The van der Waals surface area contributed by atoms with Crippen molar-refractivity contribution in [3.05, 3.63) is 188 Å². The van der Waals surface area contributed by atoms with E-state index in [0.717, 1.165) is 6.42 Å². The van der Waals surface area contributed by atoms with Crippen LogP contribution in [-0.4, -0.2) is 14.4 Å². The Bertz CT molecular complexity index is 2920. The van der Waals surface area contributed by atoms with Crippen molar-refractivity contribution in [1.82, 2.24) is 9.13 Å². The van der Waals surface area contributed by atoms with Gasteiger partial charge >= 0.3 is 0 Å². The van der Waals surface area contributed by atoms with Gasteiger partial charge in [-0.25, -0.2) is 0 Å². The summed E-state index contributed by atoms with van der Waals surface area (Å²) in [5, 5.41) is 9.55. The van der Waals surface area contributed by atoms with Gasteiger partial charge in [0.05, 0.1) is 22.1 Å². The molecule has 7 aromatic carbocycles. The fourth-order valence-corrected chi connectivity index (χ4v) is 11.3. The highest BCUT2D eigenvalue weighted by Crippen LogP contribution is 2.46. The molecule has 0 bridgehead atoms. The minimum Gasteiger partial charge on any atom is -0.310 e. The Morgan fingerprint density at radius 2 is 1.04 bits per heavy atom. The van der Waals surface area contributed by atoms with Crippen LogP contribution in [0.15, 0.2) is 182 Å². The molecular weight excluding hydrogens is 636 g/mol. The molecule has 0 saturated heterocycles. The molecule has 1 atom stereocenters. The van der Waals surface area contributed by atoms with Crippen LogP contribution < -0.4 is 10.6 Å². The number of nitrogens with zero attached hydrogens (tertiary/aromatic N) is 2. The number of hydrogen-bond donors (Lipinski definition) is 0. The van der Waals surface area contributed by atoms with E-state index in [9.17, 15) is 0 Å². The SMILES string of the molecule is C1=C2C(=[P+](c3ccccc3)c3ccc(-n4c5ccccc5c5cc(-c6ccccc6)ccc54)cc32)CC=C1n1c2ccccc2c2ccccc21. The lowest BCUT2D eigenvalue weighted by molar-refractivity contribution is 1.18. The van der Waals surface area contributed by atoms with E-state index >= 15 is 0 Å². The lowest BCUT2D eigenvalue weighted by Gasteiger charge is -2.15. The van der Waals surface area contributed by atoms with Crippen molar-refractivity contribution >= 4 is 78.3 Å². The number of hydrogen-bond acceptors (Lipinski definition) is 0. The zero-order valence-corrected chi connectivity index (χ0v) is 28.8. The summed E-state index contributed by atoms with van der Waals surface area (Å²) in [6.07, 6.45) is 5.87. The van der Waals surface area contributed by atoms with E-state index in [0.29, 0.717) is 0 Å². The minimum absolute atomic E-state index is 0.643. The third kappa shape index (κ3) is 4.27. The van der Waals surface area contributed by atoms with Crippen LogP contribution in [0.4, 0.5) is 0 Å². The van der Waals surface area contributed by atoms with Crippen molar-refractivity contribution in [2.75, 3.05) is 0 Å². The summed E-state index contributed by atoms with van der Waals surface area (Å²) in [4.78, 5) is 0. The highest BCUT2D eigenvalue weighted by atomic mass is 31.1. The van der Waals surface area contributed by atoms with Crippen LogP contribution in [0.1, 0.15) is 12.0 Å². The predicted molar refractivity (Wildman–Crippen MR) is 220 cm³/mol. The molecule has 3 heteroatoms. The van der Waals surface area contributed by atoms with Gasteiger partial charge in [0, 0.05) is 50.5 Å². The van der Waals surface area contributed by atoms with E-state index < -0.39 is 7.55 Å². The Labute approximate surface area is 297 Å². The molecule has 2 nitrogen and oxygen atoms in total. The molecule has 1 unspecified atom stereocenters. The lowest BCUT2D eigenvalue weighted by atomic mass is 9.95. The summed E-state index contributed by atoms with van der Waals surface area (Å²) < 4.78 is 4.94. The first kappa shape index (κ1) is 28.6. The molecule has 2 aromatic heterocycles. The average Bonchev–Trinajstić information content (AvgIpc) is 3.83. The van der Waals surface area contributed by atoms with Crippen molar-refractivity contribution in [3.8, 4) is 16.8 Å². The van der Waals surface area contributed by atoms with Gasteiger partial charge in [0.1, 0.15) is 5.29 Å². The summed E-state index contributed by atoms with van der Waals surface area (Å²) in [6.45, 7) is 0. The van der Waals surface area contributed by atoms with Gasteiger partial charge in [0.25, 0.3) is 0 Å². The standard InChI is InChI=1S/C48H32N2P/c1-3-13-32(14-4-1)33-23-26-46-40(29-33)39-19-9-12-22-45(39)50(46)35-25-28-48-42(31-35)41-30-34(24-27-47(41)51(48)36-15-5-2-6-16-36)49-43-20-10-7-17-37(43)38-18-8-11-21-44(38)49/h1-26,28-31H,27H2/q+1. The van der Waals surface area contributed by atoms with E-state index in [4.69, 9.17) is 0 Å². The molecule has 0 N–H and O–H groups in total. The number of allylic oxidation sites excluding steroid dienone is 4. The Hall–Kier alpha value is -6.21. The van der Waals surface area contributed by atoms with E-state index in [2.05, 4.69) is 191 Å². The first-order valence-electron chi connectivity index (χ1n) is 17.7. The van der Waals surface area contributed by atoms with Crippen LogP contribution in [0.25, 0.3) is 71.7 Å². The zero-order valence-electron chi connectivity index (χ0n) is 27.9. The van der Waals surface area contributed by atoms with E-state index in [1.54, 1.807) is 5.29 Å². The van der Waals surface area contributed by atoms with Gasteiger partial charge in [0.2, 0.25) is 0 Å². The van der Waals surface area contributed by atoms with Gasteiger partial charge in [0.15, 0.2) is 18.2 Å². The minimum atomic E-state index is -0.643. The monoisotopic (exact) mass is 667 g/mol. The van der Waals surface area contributed by atoms with Gasteiger partial charge < -0.3 is 9.13 Å². The Balaban J connectivity index is 1.13. The predicted octanol–water partition coefficient (Wildman–Crippen LogP) is 11.5. The maximum absolute atomic E-state index is 2.48. The summed E-state index contributed by atoms with van der Waals surface area (Å²) in [7, 11) is -0.643. The van der Waals surface area contributed by atoms with Crippen molar-refractivity contribution in [1.29, 1.82) is 0 Å². The third-order valence-corrected chi connectivity index (χ3v) is 13.4. The molecule has 238 valence electrons. The van der Waals surface area contributed by atoms with Gasteiger partial charge in [-0.1, -0.05) is 115 Å². The first-order valence-corrected chi connectivity index (χ1v) is 19.0. The first-order chi connectivity index (χ1) is 25.3. The van der Waals surface area contributed by atoms with Crippen LogP contribution in [-0.2, 0) is 0 Å². The molecule has 51 heavy (non-hydrogen) atoms. The second-order valence-electron chi connectivity index (χ2n) is 13.5. The maximum atomic E-state index is 2.48. The van der Waals surface area contributed by atoms with E-state index in [-0.39, 0.29) is 0 Å². The van der Waals surface area contributed by atoms with E-state index in [1.807, 2.05) is 0 Å². The molecule has 0 spiro atoms. The van der Waals surface area contributed by atoms with E-state index in [1.165, 1.54) is 87.9 Å². The Morgan fingerprint density at radius 3 is 1.75 bits per heavy atom. The highest BCUT2D eigenvalue weighted by molar-refractivity contribution is 7.75. The largest absolute Gasteiger partial charge is 0.310 e. The van der Waals surface area contributed by atoms with Gasteiger partial charge in [-0.3, -0.25) is 0 Å². The number of benzene rings is 7. The maximum Gasteiger partial charge on any atom is 0.174 e. The van der Waals surface area contributed by atoms with Crippen LogP contribution in [0.2, 0.25) is 0 Å². The molecule has 9 aromatic rings. The van der Waals surface area contributed by atoms with Crippen LogP contribution in [0, 0.1) is 0 Å². The second-order valence-corrected chi connectivity index (χ2v) is 15.7. The fourth-order valence-electron chi connectivity index (χ4n) is 8.56. The molecule has 1 aliphatic heterocycles. The van der Waals surface area contributed by atoms with Crippen LogP contribution in [0.5, 0.6) is 0 Å². The molecule has 1 aliphatic carbocycles. The van der Waals surface area contributed by atoms with Crippen LogP contribution in [0.3, 0.4) is 0 Å². The number of para-hydroxylation sites is 3. The van der Waals surface area contributed by atoms with Gasteiger partial charge in [-0.05, 0) is 77.9 Å². The summed E-state index contributed by atoms with van der Waals surface area (Å²) in [5.74, 6) is 0. The topological polar surface area (TPSA) is 9.86 Å². The summed E-state index contributed by atoms with van der Waals surface area (Å²) >= 11 is 0. The van der Waals surface area contributed by atoms with Gasteiger partial charge in [-0.15, -0.1) is 0 Å². The molecule has 0 radical (unpaired) electrons. The average molecular weight is 668 g/mol. The van der Waals surface area contributed by atoms with Crippen molar-refractivity contribution < 1.29 is 0 Å². The Kier molecular flexibility index (Phi) is 6.26. The smallest absolute Gasteiger partial charge is 0.174 e. The van der Waals surface area contributed by atoms with Gasteiger partial charge in [-0.2, -0.15) is 0 Å². The quantitative estimate of drug-likeness (QED) is 0.165. The van der Waals surface area contributed by atoms with Crippen molar-refractivity contribution in [3.63, 3.8) is 0 Å². The second kappa shape index (κ2) is 11.2.